The summed E-state index contributed by atoms with van der Waals surface area (Å²) in [5.41, 5.74) is 0.0178. The first-order valence-electron chi connectivity index (χ1n) is 6.82. The Kier molecular flexibility index (Phi) is 3.12. The smallest absolute Gasteiger partial charge is 0.111 e. The van der Waals surface area contributed by atoms with Gasteiger partial charge in [-0.3, -0.25) is 4.68 Å². The molecule has 0 spiro atoms. The third-order valence-electron chi connectivity index (χ3n) is 4.17. The fraction of sp³-hybridized carbons (Fsp3) is 0.769. The molecule has 2 aliphatic rings. The molecular weight excluding hydrogens is 250 g/mol. The topological polar surface area (TPSA) is 50.1 Å². The maximum absolute atomic E-state index is 11.0. The van der Waals surface area contributed by atoms with E-state index in [1.54, 1.807) is 6.20 Å². The molecule has 0 saturated carbocycles. The molecule has 100 valence electrons. The Hall–Kier alpha value is -0.580. The van der Waals surface area contributed by atoms with Crippen LogP contribution in [0.2, 0.25) is 5.02 Å². The Morgan fingerprint density at radius 3 is 2.78 bits per heavy atom. The maximum Gasteiger partial charge on any atom is 0.111 e. The predicted octanol–water partition coefficient (Wildman–Crippen LogP) is 2.05. The molecule has 2 N–H and O–H groups in total. The van der Waals surface area contributed by atoms with Gasteiger partial charge in [0.2, 0.25) is 0 Å². The zero-order chi connectivity index (χ0) is 12.8. The van der Waals surface area contributed by atoms with Crippen molar-refractivity contribution in [1.82, 2.24) is 15.1 Å². The van der Waals surface area contributed by atoms with E-state index in [0.717, 1.165) is 44.3 Å². The van der Waals surface area contributed by atoms with Gasteiger partial charge in [0, 0.05) is 18.6 Å². The van der Waals surface area contributed by atoms with Gasteiger partial charge in [-0.25, -0.2) is 0 Å². The Bertz CT molecular complexity index is 433. The summed E-state index contributed by atoms with van der Waals surface area (Å²) < 4.78 is 1.88. The van der Waals surface area contributed by atoms with E-state index in [-0.39, 0.29) is 0 Å². The zero-order valence-electron chi connectivity index (χ0n) is 10.7. The van der Waals surface area contributed by atoms with Gasteiger partial charge < -0.3 is 10.4 Å². The average Bonchev–Trinajstić information content (AvgIpc) is 2.84. The number of rotatable bonds is 3. The second-order valence-corrected chi connectivity index (χ2v) is 6.05. The van der Waals surface area contributed by atoms with Gasteiger partial charge >= 0.3 is 0 Å². The number of hydrogen-bond acceptors (Lipinski definition) is 3. The highest BCUT2D eigenvalue weighted by atomic mass is 35.5. The van der Waals surface area contributed by atoms with Crippen LogP contribution in [0.4, 0.5) is 0 Å². The molecule has 2 unspecified atom stereocenters. The van der Waals surface area contributed by atoms with Gasteiger partial charge in [0.05, 0.1) is 16.9 Å². The van der Waals surface area contributed by atoms with Crippen LogP contribution in [-0.2, 0) is 12.1 Å². The zero-order valence-corrected chi connectivity index (χ0v) is 11.5. The summed E-state index contributed by atoms with van der Waals surface area (Å²) >= 11 is 6.26. The van der Waals surface area contributed by atoms with Crippen molar-refractivity contribution in [2.45, 2.75) is 63.3 Å². The fourth-order valence-electron chi connectivity index (χ4n) is 3.52. The third-order valence-corrected chi connectivity index (χ3v) is 4.45. The van der Waals surface area contributed by atoms with Crippen LogP contribution in [0.5, 0.6) is 0 Å². The first-order valence-corrected chi connectivity index (χ1v) is 7.20. The number of piperidine rings is 1. The Morgan fingerprint density at radius 1 is 1.50 bits per heavy atom. The van der Waals surface area contributed by atoms with Crippen LogP contribution in [0.1, 0.15) is 44.7 Å². The molecule has 3 heterocycles. The lowest BCUT2D eigenvalue weighted by molar-refractivity contribution is -0.0191. The molecule has 0 radical (unpaired) electrons. The van der Waals surface area contributed by atoms with Crippen molar-refractivity contribution >= 4 is 11.6 Å². The van der Waals surface area contributed by atoms with E-state index in [1.165, 1.54) is 0 Å². The van der Waals surface area contributed by atoms with E-state index in [4.69, 9.17) is 11.6 Å². The summed E-state index contributed by atoms with van der Waals surface area (Å²) in [7, 11) is 0. The second-order valence-electron chi connectivity index (χ2n) is 5.64. The fourth-order valence-corrected chi connectivity index (χ4v) is 3.84. The van der Waals surface area contributed by atoms with Crippen molar-refractivity contribution in [3.63, 3.8) is 0 Å². The SMILES string of the molecule is CCCn1ncc(Cl)c1C1(O)CC2CCC(C1)N2. The minimum absolute atomic E-state index is 0.426. The summed E-state index contributed by atoms with van der Waals surface area (Å²) in [4.78, 5) is 0. The van der Waals surface area contributed by atoms with Gasteiger partial charge in [0.1, 0.15) is 5.60 Å². The number of nitrogens with zero attached hydrogens (tertiary/aromatic N) is 2. The largest absolute Gasteiger partial charge is 0.383 e. The monoisotopic (exact) mass is 269 g/mol. The van der Waals surface area contributed by atoms with Crippen LogP contribution in [0.25, 0.3) is 0 Å². The molecular formula is C13H20ClN3O. The minimum Gasteiger partial charge on any atom is -0.383 e. The summed E-state index contributed by atoms with van der Waals surface area (Å²) in [5, 5.41) is 19.5. The second kappa shape index (κ2) is 4.51. The lowest BCUT2D eigenvalue weighted by Gasteiger charge is -2.37. The van der Waals surface area contributed by atoms with Crippen LogP contribution in [0.3, 0.4) is 0 Å². The van der Waals surface area contributed by atoms with Crippen LogP contribution in [0, 0.1) is 0 Å². The summed E-state index contributed by atoms with van der Waals surface area (Å²) in [6.45, 7) is 2.92. The number of aliphatic hydroxyl groups is 1. The molecule has 4 nitrogen and oxygen atoms in total. The number of aromatic nitrogens is 2. The maximum atomic E-state index is 11.0. The van der Waals surface area contributed by atoms with E-state index in [9.17, 15) is 5.11 Å². The van der Waals surface area contributed by atoms with Crippen molar-refractivity contribution in [1.29, 1.82) is 0 Å². The van der Waals surface area contributed by atoms with Crippen LogP contribution < -0.4 is 5.32 Å². The summed E-state index contributed by atoms with van der Waals surface area (Å²) in [6.07, 6.45) is 6.47. The minimum atomic E-state index is -0.806. The molecule has 2 bridgehead atoms. The molecule has 2 saturated heterocycles. The normalized spacial score (nSPS) is 35.1. The van der Waals surface area contributed by atoms with Crippen LogP contribution >= 0.6 is 11.6 Å². The van der Waals surface area contributed by atoms with E-state index >= 15 is 0 Å². The van der Waals surface area contributed by atoms with Crippen LogP contribution in [-0.4, -0.2) is 27.0 Å². The first-order chi connectivity index (χ1) is 8.62. The van der Waals surface area contributed by atoms with Crippen molar-refractivity contribution in [3.8, 4) is 0 Å². The molecule has 0 aliphatic carbocycles. The number of fused-ring (bicyclic) bond motifs is 2. The quantitative estimate of drug-likeness (QED) is 0.883. The third kappa shape index (κ3) is 1.96. The number of nitrogens with one attached hydrogen (secondary N) is 1. The van der Waals surface area contributed by atoms with Gasteiger partial charge in [-0.05, 0) is 32.1 Å². The lowest BCUT2D eigenvalue weighted by atomic mass is 9.84. The molecule has 3 rings (SSSR count). The van der Waals surface area contributed by atoms with E-state index in [0.29, 0.717) is 17.1 Å². The van der Waals surface area contributed by atoms with Crippen molar-refractivity contribution in [2.75, 3.05) is 0 Å². The van der Waals surface area contributed by atoms with Gasteiger partial charge in [0.25, 0.3) is 0 Å². The predicted molar refractivity (Wildman–Crippen MR) is 70.6 cm³/mol. The van der Waals surface area contributed by atoms with Crippen molar-refractivity contribution < 1.29 is 5.11 Å². The Morgan fingerprint density at radius 2 is 2.17 bits per heavy atom. The average molecular weight is 270 g/mol. The molecule has 1 aromatic rings. The van der Waals surface area contributed by atoms with Gasteiger partial charge in [-0.15, -0.1) is 0 Å². The molecule has 2 aliphatic heterocycles. The first kappa shape index (κ1) is 12.5. The summed E-state index contributed by atoms with van der Waals surface area (Å²) in [6, 6.07) is 0.851. The number of hydrogen-bond donors (Lipinski definition) is 2. The van der Waals surface area contributed by atoms with Gasteiger partial charge in [-0.1, -0.05) is 18.5 Å². The number of aryl methyl sites for hydroxylation is 1. The Labute approximate surface area is 112 Å². The Balaban J connectivity index is 1.95. The molecule has 0 amide bonds. The molecule has 5 heteroatoms. The molecule has 0 aromatic carbocycles. The highest BCUT2D eigenvalue weighted by Crippen LogP contribution is 2.42. The summed E-state index contributed by atoms with van der Waals surface area (Å²) in [5.74, 6) is 0. The standard InChI is InChI=1S/C13H20ClN3O/c1-2-5-17-12(11(14)8-15-17)13(18)6-9-3-4-10(7-13)16-9/h8-10,16,18H,2-7H2,1H3. The molecule has 1 aromatic heterocycles. The molecule has 2 fully saturated rings. The highest BCUT2D eigenvalue weighted by molar-refractivity contribution is 6.31. The lowest BCUT2D eigenvalue weighted by Crippen LogP contribution is -2.47. The van der Waals surface area contributed by atoms with Crippen molar-refractivity contribution in [3.05, 3.63) is 16.9 Å². The van der Waals surface area contributed by atoms with Gasteiger partial charge in [-0.2, -0.15) is 5.10 Å². The highest BCUT2D eigenvalue weighted by Gasteiger charge is 2.46. The van der Waals surface area contributed by atoms with Gasteiger partial charge in [0.15, 0.2) is 0 Å². The molecule has 2 atom stereocenters. The number of halogens is 1. The van der Waals surface area contributed by atoms with E-state index in [1.807, 2.05) is 4.68 Å². The van der Waals surface area contributed by atoms with E-state index in [2.05, 4.69) is 17.3 Å². The molecule has 18 heavy (non-hydrogen) atoms. The van der Waals surface area contributed by atoms with E-state index < -0.39 is 5.60 Å². The van der Waals surface area contributed by atoms with Crippen molar-refractivity contribution in [2.24, 2.45) is 0 Å². The van der Waals surface area contributed by atoms with Crippen LogP contribution in [0.15, 0.2) is 6.20 Å².